The Labute approximate surface area is 135 Å². The first-order chi connectivity index (χ1) is 11.1. The van der Waals surface area contributed by atoms with Gasteiger partial charge in [-0.3, -0.25) is 9.59 Å². The lowest BCUT2D eigenvalue weighted by Crippen LogP contribution is -2.40. The van der Waals surface area contributed by atoms with E-state index in [1.165, 1.54) is 24.3 Å². The van der Waals surface area contributed by atoms with E-state index in [9.17, 15) is 14.0 Å². The molecule has 1 N–H and O–H groups in total. The first kappa shape index (κ1) is 17.4. The topological polar surface area (TPSA) is 58.6 Å². The third kappa shape index (κ3) is 5.63. The minimum atomic E-state index is -0.332. The number of nitrogens with one attached hydrogen (secondary N) is 1. The van der Waals surface area contributed by atoms with Crippen LogP contribution in [0.5, 0.6) is 0 Å². The number of anilines is 1. The minimum Gasteiger partial charge on any atom is -0.466 e. The van der Waals surface area contributed by atoms with Crippen LogP contribution in [0.3, 0.4) is 0 Å². The molecule has 1 fully saturated rings. The number of hydrogen-bond donors (Lipinski definition) is 1. The molecule has 1 aliphatic heterocycles. The molecular weight excluding hydrogens is 299 g/mol. The molecule has 0 saturated carbocycles. The summed E-state index contributed by atoms with van der Waals surface area (Å²) in [6.07, 6.45) is 2.12. The maximum Gasteiger partial charge on any atom is 0.310 e. The summed E-state index contributed by atoms with van der Waals surface area (Å²) in [6, 6.07) is 5.68. The number of ether oxygens (including phenoxy) is 1. The molecule has 1 atom stereocenters. The van der Waals surface area contributed by atoms with Crippen molar-refractivity contribution in [3.05, 3.63) is 30.1 Å². The number of carbonyl (C=O) groups excluding carboxylic acids is 2. The number of likely N-dealkylation sites (tertiary alicyclic amines) is 1. The van der Waals surface area contributed by atoms with Gasteiger partial charge >= 0.3 is 5.97 Å². The van der Waals surface area contributed by atoms with Crippen LogP contribution in [0.15, 0.2) is 24.3 Å². The molecule has 1 amide bonds. The van der Waals surface area contributed by atoms with Crippen LogP contribution in [0.2, 0.25) is 0 Å². The van der Waals surface area contributed by atoms with E-state index in [1.807, 2.05) is 0 Å². The molecule has 0 radical (unpaired) electrons. The summed E-state index contributed by atoms with van der Waals surface area (Å²) < 4.78 is 17.9. The maximum atomic E-state index is 12.8. The lowest BCUT2D eigenvalue weighted by atomic mass is 9.98. The number of benzene rings is 1. The van der Waals surface area contributed by atoms with Crippen LogP contribution in [0.25, 0.3) is 0 Å². The average Bonchev–Trinajstić information content (AvgIpc) is 2.56. The molecule has 1 aromatic rings. The van der Waals surface area contributed by atoms with Crippen molar-refractivity contribution in [3.8, 4) is 0 Å². The molecule has 1 aliphatic rings. The van der Waals surface area contributed by atoms with Crippen LogP contribution < -0.4 is 5.32 Å². The Morgan fingerprint density at radius 1 is 1.35 bits per heavy atom. The van der Waals surface area contributed by atoms with E-state index >= 15 is 0 Å². The van der Waals surface area contributed by atoms with E-state index in [2.05, 4.69) is 10.2 Å². The zero-order chi connectivity index (χ0) is 16.7. The van der Waals surface area contributed by atoms with Crippen molar-refractivity contribution in [1.29, 1.82) is 0 Å². The van der Waals surface area contributed by atoms with Gasteiger partial charge in [-0.1, -0.05) is 0 Å². The Hall–Kier alpha value is -1.95. The van der Waals surface area contributed by atoms with Crippen molar-refractivity contribution in [3.63, 3.8) is 0 Å². The van der Waals surface area contributed by atoms with Gasteiger partial charge in [0, 0.05) is 25.2 Å². The van der Waals surface area contributed by atoms with Crippen molar-refractivity contribution >= 4 is 17.6 Å². The Morgan fingerprint density at radius 2 is 2.09 bits per heavy atom. The molecule has 0 unspecified atom stereocenters. The van der Waals surface area contributed by atoms with Gasteiger partial charge < -0.3 is 15.0 Å². The number of carbonyl (C=O) groups is 2. The van der Waals surface area contributed by atoms with Gasteiger partial charge in [-0.2, -0.15) is 0 Å². The van der Waals surface area contributed by atoms with Crippen LogP contribution in [-0.2, 0) is 14.3 Å². The zero-order valence-electron chi connectivity index (χ0n) is 13.4. The summed E-state index contributed by atoms with van der Waals surface area (Å²) in [5.41, 5.74) is 0.583. The number of nitrogens with zero attached hydrogens (tertiary/aromatic N) is 1. The number of hydrogen-bond acceptors (Lipinski definition) is 4. The Morgan fingerprint density at radius 3 is 2.78 bits per heavy atom. The molecule has 5 nitrogen and oxygen atoms in total. The minimum absolute atomic E-state index is 0.0936. The fraction of sp³-hybridized carbons (Fsp3) is 0.529. The van der Waals surface area contributed by atoms with Crippen molar-refractivity contribution in [2.24, 2.45) is 5.92 Å². The Kier molecular flexibility index (Phi) is 6.52. The number of esters is 1. The van der Waals surface area contributed by atoms with Gasteiger partial charge in [-0.05, 0) is 50.6 Å². The second kappa shape index (κ2) is 8.62. The van der Waals surface area contributed by atoms with Crippen LogP contribution in [0.4, 0.5) is 10.1 Å². The summed E-state index contributed by atoms with van der Waals surface area (Å²) in [5, 5.41) is 2.74. The van der Waals surface area contributed by atoms with E-state index in [0.717, 1.165) is 19.4 Å². The van der Waals surface area contributed by atoms with Gasteiger partial charge in [0.15, 0.2) is 0 Å². The SMILES string of the molecule is CCOC(=O)[C@H]1CCCN(CCC(=O)Nc2ccc(F)cc2)C1. The number of halogens is 1. The van der Waals surface area contributed by atoms with E-state index in [4.69, 9.17) is 4.74 Å². The number of piperidine rings is 1. The average molecular weight is 322 g/mol. The highest BCUT2D eigenvalue weighted by molar-refractivity contribution is 5.90. The van der Waals surface area contributed by atoms with E-state index in [-0.39, 0.29) is 23.6 Å². The molecule has 0 spiro atoms. The van der Waals surface area contributed by atoms with Crippen molar-refractivity contribution in [2.75, 3.05) is 31.6 Å². The molecule has 1 saturated heterocycles. The van der Waals surface area contributed by atoms with Crippen LogP contribution in [0.1, 0.15) is 26.2 Å². The van der Waals surface area contributed by atoms with Gasteiger partial charge in [0.05, 0.1) is 12.5 Å². The molecule has 0 bridgehead atoms. The molecule has 0 aromatic heterocycles. The fourth-order valence-electron chi connectivity index (χ4n) is 2.73. The second-order valence-corrected chi connectivity index (χ2v) is 5.70. The van der Waals surface area contributed by atoms with Gasteiger partial charge in [-0.25, -0.2) is 4.39 Å². The Bertz CT molecular complexity index is 533. The van der Waals surface area contributed by atoms with Gasteiger partial charge in [0.25, 0.3) is 0 Å². The molecule has 6 heteroatoms. The number of rotatable bonds is 6. The highest BCUT2D eigenvalue weighted by Crippen LogP contribution is 2.18. The van der Waals surface area contributed by atoms with Gasteiger partial charge in [-0.15, -0.1) is 0 Å². The van der Waals surface area contributed by atoms with E-state index < -0.39 is 0 Å². The summed E-state index contributed by atoms with van der Waals surface area (Å²) in [7, 11) is 0. The summed E-state index contributed by atoms with van der Waals surface area (Å²) in [5.74, 6) is -0.687. The largest absolute Gasteiger partial charge is 0.466 e. The van der Waals surface area contributed by atoms with Gasteiger partial charge in [0.1, 0.15) is 5.82 Å². The molecular formula is C17H23FN2O3. The van der Waals surface area contributed by atoms with Crippen molar-refractivity contribution in [2.45, 2.75) is 26.2 Å². The lowest BCUT2D eigenvalue weighted by molar-refractivity contribution is -0.149. The highest BCUT2D eigenvalue weighted by atomic mass is 19.1. The van der Waals surface area contributed by atoms with Crippen LogP contribution >= 0.6 is 0 Å². The predicted molar refractivity (Wildman–Crippen MR) is 85.4 cm³/mol. The quantitative estimate of drug-likeness (QED) is 0.817. The van der Waals surface area contributed by atoms with E-state index in [0.29, 0.717) is 31.8 Å². The van der Waals surface area contributed by atoms with Crippen molar-refractivity contribution in [1.82, 2.24) is 4.90 Å². The molecule has 23 heavy (non-hydrogen) atoms. The molecule has 0 aliphatic carbocycles. The Balaban J connectivity index is 1.75. The lowest BCUT2D eigenvalue weighted by Gasteiger charge is -2.31. The third-order valence-electron chi connectivity index (χ3n) is 3.91. The summed E-state index contributed by atoms with van der Waals surface area (Å²) in [4.78, 5) is 25.8. The first-order valence-corrected chi connectivity index (χ1v) is 8.03. The maximum absolute atomic E-state index is 12.8. The van der Waals surface area contributed by atoms with Crippen molar-refractivity contribution < 1.29 is 18.7 Å². The first-order valence-electron chi connectivity index (χ1n) is 8.03. The highest BCUT2D eigenvalue weighted by Gasteiger charge is 2.26. The smallest absolute Gasteiger partial charge is 0.310 e. The molecule has 1 heterocycles. The molecule has 1 aromatic carbocycles. The van der Waals surface area contributed by atoms with Crippen LogP contribution in [-0.4, -0.2) is 43.0 Å². The second-order valence-electron chi connectivity index (χ2n) is 5.70. The normalized spacial score (nSPS) is 18.4. The zero-order valence-corrected chi connectivity index (χ0v) is 13.4. The molecule has 126 valence electrons. The van der Waals surface area contributed by atoms with Gasteiger partial charge in [0.2, 0.25) is 5.91 Å². The third-order valence-corrected chi connectivity index (χ3v) is 3.91. The monoisotopic (exact) mass is 322 g/mol. The molecule has 2 rings (SSSR count). The summed E-state index contributed by atoms with van der Waals surface area (Å²) in [6.45, 7) is 4.33. The van der Waals surface area contributed by atoms with E-state index in [1.54, 1.807) is 6.92 Å². The number of amides is 1. The standard InChI is InChI=1S/C17H23FN2O3/c1-2-23-17(22)13-4-3-10-20(12-13)11-9-16(21)19-15-7-5-14(18)6-8-15/h5-8,13H,2-4,9-12H2,1H3,(H,19,21)/t13-/m0/s1. The van der Waals surface area contributed by atoms with Crippen LogP contribution in [0, 0.1) is 11.7 Å². The fourth-order valence-corrected chi connectivity index (χ4v) is 2.73. The predicted octanol–water partition coefficient (Wildman–Crippen LogP) is 2.43. The summed E-state index contributed by atoms with van der Waals surface area (Å²) >= 11 is 0.